The number of phenolic OH excluding ortho intramolecular Hbond substituents is 2. The molecule has 0 aliphatic carbocycles. The number of aromatic hydroxyl groups is 2. The maximum Gasteiger partial charge on any atom is 0.313 e. The molecule has 3 rings (SSSR count). The van der Waals surface area contributed by atoms with E-state index in [9.17, 15) is 15.0 Å². The maximum absolute atomic E-state index is 12.5. The lowest BCUT2D eigenvalue weighted by molar-refractivity contribution is -0.142. The van der Waals surface area contributed by atoms with Crippen LogP contribution in [0.15, 0.2) is 72.8 Å². The van der Waals surface area contributed by atoms with Crippen molar-refractivity contribution in [2.24, 2.45) is 0 Å². The number of carbonyl (C=O) groups is 1. The molecule has 0 aliphatic heterocycles. The second-order valence-corrected chi connectivity index (χ2v) is 6.06. The molecule has 0 saturated carbocycles. The summed E-state index contributed by atoms with van der Waals surface area (Å²) in [5, 5.41) is 20.5. The Morgan fingerprint density at radius 1 is 0.962 bits per heavy atom. The van der Waals surface area contributed by atoms with Gasteiger partial charge >= 0.3 is 5.97 Å². The lowest BCUT2D eigenvalue weighted by atomic mass is 9.85. The molecule has 0 saturated heterocycles. The molecule has 0 aromatic heterocycles. The van der Waals surface area contributed by atoms with Crippen molar-refractivity contribution in [1.29, 1.82) is 0 Å². The van der Waals surface area contributed by atoms with E-state index >= 15 is 0 Å². The highest BCUT2D eigenvalue weighted by Gasteiger charge is 2.27. The van der Waals surface area contributed by atoms with Gasteiger partial charge in [0.15, 0.2) is 0 Å². The molecule has 0 heterocycles. The number of ether oxygens (including phenoxy) is 1. The van der Waals surface area contributed by atoms with Gasteiger partial charge in [0.2, 0.25) is 0 Å². The van der Waals surface area contributed by atoms with Crippen molar-refractivity contribution in [1.82, 2.24) is 0 Å². The fourth-order valence-electron chi connectivity index (χ4n) is 3.14. The van der Waals surface area contributed by atoms with Crippen molar-refractivity contribution in [2.45, 2.75) is 12.3 Å². The molecule has 132 valence electrons. The Bertz CT molecular complexity index is 889. The molecule has 0 radical (unpaired) electrons. The average molecular weight is 348 g/mol. The van der Waals surface area contributed by atoms with Crippen LogP contribution < -0.4 is 0 Å². The first kappa shape index (κ1) is 17.5. The van der Waals surface area contributed by atoms with Gasteiger partial charge in [0.25, 0.3) is 0 Å². The third kappa shape index (κ3) is 3.70. The highest BCUT2D eigenvalue weighted by molar-refractivity contribution is 5.85. The van der Waals surface area contributed by atoms with Gasteiger partial charge in [-0.15, -0.1) is 0 Å². The second-order valence-electron chi connectivity index (χ2n) is 6.06. The molecule has 0 aliphatic rings. The Morgan fingerprint density at radius 3 is 2.19 bits per heavy atom. The minimum Gasteiger partial charge on any atom is -0.508 e. The van der Waals surface area contributed by atoms with E-state index in [-0.39, 0.29) is 11.5 Å². The summed E-state index contributed by atoms with van der Waals surface area (Å²) in [6, 6.07) is 21.7. The summed E-state index contributed by atoms with van der Waals surface area (Å²) in [6.07, 6.45) is 0.399. The molecule has 1 atom stereocenters. The lowest BCUT2D eigenvalue weighted by Gasteiger charge is -2.20. The van der Waals surface area contributed by atoms with Crippen LogP contribution in [0, 0.1) is 0 Å². The summed E-state index contributed by atoms with van der Waals surface area (Å²) in [5.74, 6) is -1.25. The third-order valence-electron chi connectivity index (χ3n) is 4.34. The standard InChI is InChI=1S/C22H20O4/c1-26-22(25)19(12-15-8-4-2-5-9-15)18-13-17(23)14-20(24)21(18)16-10-6-3-7-11-16/h2-11,13-14,19,23-24H,12H2,1H3. The SMILES string of the molecule is COC(=O)C(Cc1ccccc1)c1cc(O)cc(O)c1-c1ccccc1. The van der Waals surface area contributed by atoms with Crippen molar-refractivity contribution < 1.29 is 19.7 Å². The predicted octanol–water partition coefficient (Wildman–Crippen LogP) is 4.26. The van der Waals surface area contributed by atoms with Crippen LogP contribution in [-0.4, -0.2) is 23.3 Å². The largest absolute Gasteiger partial charge is 0.508 e. The highest BCUT2D eigenvalue weighted by atomic mass is 16.5. The second kappa shape index (κ2) is 7.74. The zero-order valence-electron chi connectivity index (χ0n) is 14.4. The molecule has 3 aromatic rings. The zero-order valence-corrected chi connectivity index (χ0v) is 14.4. The molecule has 0 bridgehead atoms. The van der Waals surface area contributed by atoms with Crippen molar-refractivity contribution >= 4 is 5.97 Å². The number of methoxy groups -OCH3 is 1. The van der Waals surface area contributed by atoms with Crippen LogP contribution in [0.4, 0.5) is 0 Å². The van der Waals surface area contributed by atoms with E-state index in [2.05, 4.69) is 0 Å². The van der Waals surface area contributed by atoms with E-state index in [0.717, 1.165) is 11.1 Å². The van der Waals surface area contributed by atoms with Gasteiger partial charge in [-0.1, -0.05) is 60.7 Å². The van der Waals surface area contributed by atoms with Crippen LogP contribution in [-0.2, 0) is 16.0 Å². The molecule has 0 spiro atoms. The van der Waals surface area contributed by atoms with Crippen molar-refractivity contribution in [3.05, 3.63) is 83.9 Å². The molecular weight excluding hydrogens is 328 g/mol. The zero-order chi connectivity index (χ0) is 18.5. The Hall–Kier alpha value is -3.27. The normalized spacial score (nSPS) is 11.7. The molecule has 4 nitrogen and oxygen atoms in total. The summed E-state index contributed by atoms with van der Waals surface area (Å²) in [5.41, 5.74) is 2.78. The van der Waals surface area contributed by atoms with Crippen LogP contribution in [0.2, 0.25) is 0 Å². The van der Waals surface area contributed by atoms with E-state index in [0.29, 0.717) is 17.5 Å². The van der Waals surface area contributed by atoms with Gasteiger partial charge in [-0.25, -0.2) is 0 Å². The Balaban J connectivity index is 2.15. The van der Waals surface area contributed by atoms with E-state index < -0.39 is 11.9 Å². The van der Waals surface area contributed by atoms with E-state index in [1.165, 1.54) is 19.2 Å². The molecule has 2 N–H and O–H groups in total. The van der Waals surface area contributed by atoms with Crippen molar-refractivity contribution in [3.63, 3.8) is 0 Å². The fraction of sp³-hybridized carbons (Fsp3) is 0.136. The molecular formula is C22H20O4. The van der Waals surface area contributed by atoms with Gasteiger partial charge < -0.3 is 14.9 Å². The van der Waals surface area contributed by atoms with Crippen LogP contribution >= 0.6 is 0 Å². The Kier molecular flexibility index (Phi) is 5.23. The van der Waals surface area contributed by atoms with Crippen LogP contribution in [0.3, 0.4) is 0 Å². The smallest absolute Gasteiger partial charge is 0.313 e. The molecule has 26 heavy (non-hydrogen) atoms. The molecule has 0 fully saturated rings. The molecule has 4 heteroatoms. The molecule has 0 amide bonds. The third-order valence-corrected chi connectivity index (χ3v) is 4.34. The number of hydrogen-bond donors (Lipinski definition) is 2. The highest BCUT2D eigenvalue weighted by Crippen LogP contribution is 2.40. The van der Waals surface area contributed by atoms with Gasteiger partial charge in [-0.2, -0.15) is 0 Å². The molecule has 3 aromatic carbocycles. The summed E-state index contributed by atoms with van der Waals surface area (Å²) < 4.78 is 5.01. The number of phenols is 2. The quantitative estimate of drug-likeness (QED) is 0.676. The van der Waals surface area contributed by atoms with Crippen LogP contribution in [0.25, 0.3) is 11.1 Å². The number of benzene rings is 3. The Morgan fingerprint density at radius 2 is 1.58 bits per heavy atom. The maximum atomic E-state index is 12.5. The first-order valence-corrected chi connectivity index (χ1v) is 8.33. The van der Waals surface area contributed by atoms with Gasteiger partial charge in [0.1, 0.15) is 11.5 Å². The van der Waals surface area contributed by atoms with E-state index in [1.807, 2.05) is 60.7 Å². The Labute approximate surface area is 152 Å². The van der Waals surface area contributed by atoms with Gasteiger partial charge in [-0.3, -0.25) is 4.79 Å². The van der Waals surface area contributed by atoms with Gasteiger partial charge in [0, 0.05) is 11.6 Å². The van der Waals surface area contributed by atoms with Gasteiger partial charge in [-0.05, 0) is 29.2 Å². The lowest BCUT2D eigenvalue weighted by Crippen LogP contribution is -2.18. The minimum atomic E-state index is -0.657. The summed E-state index contributed by atoms with van der Waals surface area (Å²) in [4.78, 5) is 12.5. The van der Waals surface area contributed by atoms with Crippen LogP contribution in [0.1, 0.15) is 17.0 Å². The fourth-order valence-corrected chi connectivity index (χ4v) is 3.14. The van der Waals surface area contributed by atoms with E-state index in [4.69, 9.17) is 4.74 Å². The number of carbonyl (C=O) groups excluding carboxylic acids is 1. The van der Waals surface area contributed by atoms with E-state index in [1.54, 1.807) is 0 Å². The predicted molar refractivity (Wildman–Crippen MR) is 100 cm³/mol. The first-order valence-electron chi connectivity index (χ1n) is 8.33. The average Bonchev–Trinajstić information content (AvgIpc) is 2.66. The summed E-state index contributed by atoms with van der Waals surface area (Å²) in [6.45, 7) is 0. The van der Waals surface area contributed by atoms with Crippen molar-refractivity contribution in [2.75, 3.05) is 7.11 Å². The minimum absolute atomic E-state index is 0.0758. The van der Waals surface area contributed by atoms with Crippen LogP contribution in [0.5, 0.6) is 11.5 Å². The van der Waals surface area contributed by atoms with Gasteiger partial charge in [0.05, 0.1) is 13.0 Å². The number of hydrogen-bond acceptors (Lipinski definition) is 4. The summed E-state index contributed by atoms with van der Waals surface area (Å²) >= 11 is 0. The van der Waals surface area contributed by atoms with Crippen molar-refractivity contribution in [3.8, 4) is 22.6 Å². The first-order chi connectivity index (χ1) is 12.6. The molecule has 1 unspecified atom stereocenters. The number of rotatable bonds is 5. The topological polar surface area (TPSA) is 66.8 Å². The number of esters is 1. The monoisotopic (exact) mass is 348 g/mol. The summed E-state index contributed by atoms with van der Waals surface area (Å²) in [7, 11) is 1.34.